The molecule has 1 aromatic rings. The maximum Gasteiger partial charge on any atom is 0.257 e. The first-order valence-electron chi connectivity index (χ1n) is 9.32. The third-order valence-corrected chi connectivity index (χ3v) is 4.86. The summed E-state index contributed by atoms with van der Waals surface area (Å²) in [5, 5.41) is 6.60. The molecule has 0 aliphatic carbocycles. The largest absolute Gasteiger partial charge is 0.360 e. The Hall–Kier alpha value is -1.39. The van der Waals surface area contributed by atoms with E-state index in [2.05, 4.69) is 31.4 Å². The highest BCUT2D eigenvalue weighted by Gasteiger charge is 2.45. The van der Waals surface area contributed by atoms with Gasteiger partial charge in [0.1, 0.15) is 0 Å². The summed E-state index contributed by atoms with van der Waals surface area (Å²) >= 11 is 0. The van der Waals surface area contributed by atoms with Crippen molar-refractivity contribution >= 4 is 5.91 Å². The van der Waals surface area contributed by atoms with Gasteiger partial charge in [-0.05, 0) is 43.8 Å². The van der Waals surface area contributed by atoms with Crippen LogP contribution < -0.4 is 10.6 Å². The van der Waals surface area contributed by atoms with Crippen LogP contribution in [0.2, 0.25) is 0 Å². The summed E-state index contributed by atoms with van der Waals surface area (Å²) < 4.78 is 6.29. The van der Waals surface area contributed by atoms with Crippen LogP contribution in [0.1, 0.15) is 52.0 Å². The Labute approximate surface area is 146 Å². The summed E-state index contributed by atoms with van der Waals surface area (Å²) in [6, 6.07) is 10.2. The molecule has 4 heteroatoms. The van der Waals surface area contributed by atoms with Gasteiger partial charge in [-0.15, -0.1) is 0 Å². The number of carbonyl (C=O) groups excluding carboxylic acids is 1. The van der Waals surface area contributed by atoms with Gasteiger partial charge in [0.15, 0.2) is 5.60 Å². The SMILES string of the molecule is CCCCOC(C(=O)NC1CCNCC1)(c1ccccc1)C(C)C. The van der Waals surface area contributed by atoms with Crippen molar-refractivity contribution in [2.45, 2.75) is 58.1 Å². The second kappa shape index (κ2) is 9.19. The van der Waals surface area contributed by atoms with Crippen LogP contribution in [0, 0.1) is 5.92 Å². The Morgan fingerprint density at radius 1 is 1.29 bits per heavy atom. The molecule has 1 atom stereocenters. The van der Waals surface area contributed by atoms with Crippen LogP contribution in [0.3, 0.4) is 0 Å². The quantitative estimate of drug-likeness (QED) is 0.719. The van der Waals surface area contributed by atoms with Gasteiger partial charge in [-0.3, -0.25) is 4.79 Å². The lowest BCUT2D eigenvalue weighted by molar-refractivity contribution is -0.158. The van der Waals surface area contributed by atoms with E-state index in [1.54, 1.807) is 0 Å². The molecule has 134 valence electrons. The van der Waals surface area contributed by atoms with Crippen LogP contribution in [0.15, 0.2) is 30.3 Å². The number of nitrogens with one attached hydrogen (secondary N) is 2. The van der Waals surface area contributed by atoms with E-state index in [0.29, 0.717) is 6.61 Å². The fraction of sp³-hybridized carbons (Fsp3) is 0.650. The molecule has 1 amide bonds. The first kappa shape index (κ1) is 18.9. The van der Waals surface area contributed by atoms with Gasteiger partial charge in [0.2, 0.25) is 0 Å². The van der Waals surface area contributed by atoms with E-state index in [0.717, 1.165) is 44.3 Å². The number of hydrogen-bond acceptors (Lipinski definition) is 3. The van der Waals surface area contributed by atoms with Gasteiger partial charge in [-0.25, -0.2) is 0 Å². The standard InChI is InChI=1S/C20H32N2O2/c1-4-5-15-24-20(16(2)3,17-9-7-6-8-10-17)19(23)22-18-11-13-21-14-12-18/h6-10,16,18,21H,4-5,11-15H2,1-3H3,(H,22,23). The molecule has 2 rings (SSSR count). The molecule has 0 aromatic heterocycles. The zero-order valence-corrected chi connectivity index (χ0v) is 15.3. The number of benzene rings is 1. The number of carbonyl (C=O) groups is 1. The molecule has 1 heterocycles. The van der Waals surface area contributed by atoms with E-state index in [1.807, 2.05) is 30.3 Å². The molecule has 1 unspecified atom stereocenters. The van der Waals surface area contributed by atoms with Crippen LogP contribution >= 0.6 is 0 Å². The highest BCUT2D eigenvalue weighted by molar-refractivity contribution is 5.87. The van der Waals surface area contributed by atoms with E-state index in [1.165, 1.54) is 0 Å². The maximum atomic E-state index is 13.3. The number of ether oxygens (including phenoxy) is 1. The average molecular weight is 332 g/mol. The number of amides is 1. The van der Waals surface area contributed by atoms with E-state index in [9.17, 15) is 4.79 Å². The summed E-state index contributed by atoms with van der Waals surface area (Å²) in [6.45, 7) is 8.80. The number of unbranched alkanes of at least 4 members (excludes halogenated alkanes) is 1. The third kappa shape index (κ3) is 4.37. The molecular formula is C20H32N2O2. The summed E-state index contributed by atoms with van der Waals surface area (Å²) in [4.78, 5) is 13.3. The average Bonchev–Trinajstić information content (AvgIpc) is 2.60. The fourth-order valence-corrected chi connectivity index (χ4v) is 3.36. The molecule has 1 aliphatic heterocycles. The first-order valence-corrected chi connectivity index (χ1v) is 9.32. The van der Waals surface area contributed by atoms with Crippen molar-refractivity contribution in [2.75, 3.05) is 19.7 Å². The monoisotopic (exact) mass is 332 g/mol. The Bertz CT molecular complexity index is 498. The molecule has 1 fully saturated rings. The van der Waals surface area contributed by atoms with Crippen LogP contribution in [0.4, 0.5) is 0 Å². The highest BCUT2D eigenvalue weighted by Crippen LogP contribution is 2.35. The first-order chi connectivity index (χ1) is 11.6. The summed E-state index contributed by atoms with van der Waals surface area (Å²) in [6.07, 6.45) is 3.97. The molecule has 1 aromatic carbocycles. The minimum absolute atomic E-state index is 0.00621. The zero-order chi connectivity index (χ0) is 17.4. The molecule has 1 saturated heterocycles. The number of hydrogen-bond donors (Lipinski definition) is 2. The van der Waals surface area contributed by atoms with Gasteiger partial charge in [0.05, 0.1) is 0 Å². The van der Waals surface area contributed by atoms with Gasteiger partial charge in [0.25, 0.3) is 5.91 Å². The van der Waals surface area contributed by atoms with Crippen molar-refractivity contribution in [3.63, 3.8) is 0 Å². The predicted molar refractivity (Wildman–Crippen MR) is 97.9 cm³/mol. The predicted octanol–water partition coefficient (Wildman–Crippen LogP) is 3.22. The zero-order valence-electron chi connectivity index (χ0n) is 15.3. The lowest BCUT2D eigenvalue weighted by atomic mass is 9.81. The van der Waals surface area contributed by atoms with E-state index in [4.69, 9.17) is 4.74 Å². The summed E-state index contributed by atoms with van der Waals surface area (Å²) in [5.74, 6) is 0.0603. The van der Waals surface area contributed by atoms with Crippen LogP contribution in [-0.2, 0) is 15.1 Å². The normalized spacial score (nSPS) is 18.3. The lowest BCUT2D eigenvalue weighted by Gasteiger charge is -2.38. The molecule has 0 bridgehead atoms. The summed E-state index contributed by atoms with van der Waals surface area (Å²) in [5.41, 5.74) is 0.0314. The van der Waals surface area contributed by atoms with Crippen LogP contribution in [-0.4, -0.2) is 31.6 Å². The van der Waals surface area contributed by atoms with Gasteiger partial charge < -0.3 is 15.4 Å². The maximum absolute atomic E-state index is 13.3. The minimum atomic E-state index is -0.915. The smallest absolute Gasteiger partial charge is 0.257 e. The molecule has 1 aliphatic rings. The van der Waals surface area contributed by atoms with Gasteiger partial charge in [-0.1, -0.05) is 57.5 Å². The van der Waals surface area contributed by atoms with Gasteiger partial charge >= 0.3 is 0 Å². The van der Waals surface area contributed by atoms with Gasteiger partial charge in [-0.2, -0.15) is 0 Å². The topological polar surface area (TPSA) is 50.4 Å². The molecule has 2 N–H and O–H groups in total. The van der Waals surface area contributed by atoms with Crippen molar-refractivity contribution in [1.29, 1.82) is 0 Å². The second-order valence-electron chi connectivity index (χ2n) is 6.96. The van der Waals surface area contributed by atoms with Crippen molar-refractivity contribution < 1.29 is 9.53 Å². The molecule has 24 heavy (non-hydrogen) atoms. The highest BCUT2D eigenvalue weighted by atomic mass is 16.5. The second-order valence-corrected chi connectivity index (χ2v) is 6.96. The van der Waals surface area contributed by atoms with Gasteiger partial charge in [0, 0.05) is 12.6 Å². The third-order valence-electron chi connectivity index (χ3n) is 4.86. The van der Waals surface area contributed by atoms with Crippen molar-refractivity contribution in [3.05, 3.63) is 35.9 Å². The molecular weight excluding hydrogens is 300 g/mol. The molecule has 0 saturated carbocycles. The van der Waals surface area contributed by atoms with Crippen LogP contribution in [0.5, 0.6) is 0 Å². The molecule has 0 spiro atoms. The van der Waals surface area contributed by atoms with Crippen molar-refractivity contribution in [1.82, 2.24) is 10.6 Å². The fourth-order valence-electron chi connectivity index (χ4n) is 3.36. The number of piperidine rings is 1. The molecule has 4 nitrogen and oxygen atoms in total. The van der Waals surface area contributed by atoms with E-state index >= 15 is 0 Å². The summed E-state index contributed by atoms with van der Waals surface area (Å²) in [7, 11) is 0. The Kier molecular flexibility index (Phi) is 7.25. The lowest BCUT2D eigenvalue weighted by Crippen LogP contribution is -2.54. The van der Waals surface area contributed by atoms with E-state index < -0.39 is 5.60 Å². The number of rotatable bonds is 8. The Morgan fingerprint density at radius 3 is 2.54 bits per heavy atom. The Morgan fingerprint density at radius 2 is 1.96 bits per heavy atom. The van der Waals surface area contributed by atoms with Crippen molar-refractivity contribution in [2.24, 2.45) is 5.92 Å². The Balaban J connectivity index is 2.26. The minimum Gasteiger partial charge on any atom is -0.360 e. The molecule has 0 radical (unpaired) electrons. The van der Waals surface area contributed by atoms with Crippen molar-refractivity contribution in [3.8, 4) is 0 Å². The van der Waals surface area contributed by atoms with Crippen LogP contribution in [0.25, 0.3) is 0 Å². The van der Waals surface area contributed by atoms with E-state index in [-0.39, 0.29) is 17.9 Å².